The van der Waals surface area contributed by atoms with E-state index in [1.54, 1.807) is 45.0 Å². The predicted molar refractivity (Wildman–Crippen MR) is 170 cm³/mol. The number of hydrogen-bond donors (Lipinski definition) is 0. The Hall–Kier alpha value is -4.72. The van der Waals surface area contributed by atoms with Crippen molar-refractivity contribution in [1.29, 1.82) is 0 Å². The summed E-state index contributed by atoms with van der Waals surface area (Å²) in [6.07, 6.45) is 4.15. The Labute approximate surface area is 260 Å². The molecule has 0 bridgehead atoms. The molecule has 0 aliphatic carbocycles. The van der Waals surface area contributed by atoms with Crippen molar-refractivity contribution in [2.45, 2.75) is 66.2 Å². The van der Waals surface area contributed by atoms with Gasteiger partial charge in [-0.25, -0.2) is 19.2 Å². The Morgan fingerprint density at radius 1 is 0.636 bits per heavy atom. The van der Waals surface area contributed by atoms with E-state index in [-0.39, 0.29) is 17.8 Å². The Balaban J connectivity index is 2.14. The third kappa shape index (κ3) is 11.5. The molecule has 0 spiro atoms. The molecule has 2 aromatic rings. The number of rotatable bonds is 17. The quantitative estimate of drug-likeness (QED) is 0.0827. The lowest BCUT2D eigenvalue weighted by Crippen LogP contribution is -2.13. The second kappa shape index (κ2) is 17.4. The van der Waals surface area contributed by atoms with E-state index < -0.39 is 23.9 Å². The number of hydrogen-bond acceptors (Lipinski definition) is 8. The van der Waals surface area contributed by atoms with Crippen molar-refractivity contribution in [3.8, 4) is 11.5 Å². The fraction of sp³-hybridized carbons (Fsp3) is 0.333. The molecule has 2 aromatic carbocycles. The van der Waals surface area contributed by atoms with Gasteiger partial charge in [0.1, 0.15) is 11.5 Å². The highest BCUT2D eigenvalue weighted by Gasteiger charge is 2.18. The minimum atomic E-state index is -0.608. The Morgan fingerprint density at radius 2 is 1.16 bits per heavy atom. The van der Waals surface area contributed by atoms with Crippen molar-refractivity contribution in [2.24, 2.45) is 0 Å². The summed E-state index contributed by atoms with van der Waals surface area (Å²) in [5.74, 6) is -1.19. The van der Waals surface area contributed by atoms with Crippen molar-refractivity contribution in [1.82, 2.24) is 0 Å². The summed E-state index contributed by atoms with van der Waals surface area (Å²) in [5, 5.41) is 0. The molecule has 0 fully saturated rings. The molecule has 0 radical (unpaired) electrons. The van der Waals surface area contributed by atoms with E-state index in [9.17, 15) is 19.2 Å². The SMILES string of the molecule is C=C(C)C(=O)OCCCCc1cc(C)c(OC(=O)C(=C)c2ccc(OC(=O)C(=C)C)cc2)c(CCCCOC(=O)C(=C)C)c1. The smallest absolute Gasteiger partial charge is 0.343 e. The molecule has 0 saturated carbocycles. The molecular weight excluding hydrogens is 560 g/mol. The van der Waals surface area contributed by atoms with Gasteiger partial charge in [-0.1, -0.05) is 50.6 Å². The van der Waals surface area contributed by atoms with Gasteiger partial charge in [0.15, 0.2) is 0 Å². The van der Waals surface area contributed by atoms with Crippen LogP contribution in [0.5, 0.6) is 11.5 Å². The van der Waals surface area contributed by atoms with Crippen LogP contribution in [0.3, 0.4) is 0 Å². The zero-order chi connectivity index (χ0) is 32.8. The van der Waals surface area contributed by atoms with E-state index in [2.05, 4.69) is 26.3 Å². The third-order valence-corrected chi connectivity index (χ3v) is 6.48. The zero-order valence-electron chi connectivity index (χ0n) is 26.2. The van der Waals surface area contributed by atoms with E-state index in [1.165, 1.54) is 0 Å². The monoisotopic (exact) mass is 602 g/mol. The summed E-state index contributed by atoms with van der Waals surface area (Å²) in [6, 6.07) is 10.4. The minimum absolute atomic E-state index is 0.146. The fourth-order valence-electron chi connectivity index (χ4n) is 4.02. The summed E-state index contributed by atoms with van der Waals surface area (Å²) in [6.45, 7) is 21.9. The maximum absolute atomic E-state index is 13.2. The maximum Gasteiger partial charge on any atom is 0.343 e. The average molecular weight is 603 g/mol. The Morgan fingerprint density at radius 3 is 1.68 bits per heavy atom. The molecule has 234 valence electrons. The molecule has 0 atom stereocenters. The molecule has 0 aromatic heterocycles. The lowest BCUT2D eigenvalue weighted by Gasteiger charge is -2.16. The first-order valence-electron chi connectivity index (χ1n) is 14.5. The summed E-state index contributed by atoms with van der Waals surface area (Å²) in [4.78, 5) is 48.2. The highest BCUT2D eigenvalue weighted by Crippen LogP contribution is 2.30. The number of ether oxygens (including phenoxy) is 4. The van der Waals surface area contributed by atoms with Crippen LogP contribution in [0.1, 0.15) is 68.7 Å². The van der Waals surface area contributed by atoms with Crippen molar-refractivity contribution >= 4 is 29.5 Å². The standard InChI is InChI=1S/C36H42O8/c1-23(2)33(37)41-19-11-9-13-28-21-26(7)32(30(22-28)14-10-12-20-42-34(38)24(3)4)44-36(40)27(8)29-15-17-31(18-16-29)43-35(39)25(5)6/h15-18,21-22H,1,3,5,8-14,19-20H2,2,4,6-7H3. The van der Waals surface area contributed by atoms with E-state index in [0.717, 1.165) is 29.5 Å². The maximum atomic E-state index is 13.2. The number of carbonyl (C=O) groups is 4. The molecule has 2 rings (SSSR count). The summed E-state index contributed by atoms with van der Waals surface area (Å²) < 4.78 is 21.5. The first-order chi connectivity index (χ1) is 20.8. The number of aryl methyl sites for hydroxylation is 3. The molecule has 0 unspecified atom stereocenters. The van der Waals surface area contributed by atoms with Crippen LogP contribution < -0.4 is 9.47 Å². The second-order valence-corrected chi connectivity index (χ2v) is 10.7. The van der Waals surface area contributed by atoms with Gasteiger partial charge in [0.05, 0.1) is 18.8 Å². The van der Waals surface area contributed by atoms with Crippen LogP contribution in [0.4, 0.5) is 0 Å². The van der Waals surface area contributed by atoms with Gasteiger partial charge in [-0.15, -0.1) is 0 Å². The Kier molecular flexibility index (Phi) is 14.0. The van der Waals surface area contributed by atoms with Crippen LogP contribution in [0.25, 0.3) is 5.57 Å². The second-order valence-electron chi connectivity index (χ2n) is 10.7. The summed E-state index contributed by atoms with van der Waals surface area (Å²) in [7, 11) is 0. The van der Waals surface area contributed by atoms with Gasteiger partial charge in [-0.2, -0.15) is 0 Å². The van der Waals surface area contributed by atoms with E-state index >= 15 is 0 Å². The predicted octanol–water partition coefficient (Wildman–Crippen LogP) is 6.98. The highest BCUT2D eigenvalue weighted by atomic mass is 16.5. The Bertz CT molecular complexity index is 1430. The van der Waals surface area contributed by atoms with Gasteiger partial charge in [-0.05, 0) is 101 Å². The topological polar surface area (TPSA) is 105 Å². The summed E-state index contributed by atoms with van der Waals surface area (Å²) >= 11 is 0. The van der Waals surface area contributed by atoms with E-state index in [4.69, 9.17) is 18.9 Å². The minimum Gasteiger partial charge on any atom is -0.462 e. The molecule has 0 heterocycles. The van der Waals surface area contributed by atoms with Crippen LogP contribution in [0.15, 0.2) is 79.4 Å². The summed E-state index contributed by atoms with van der Waals surface area (Å²) in [5.41, 5.74) is 4.37. The van der Waals surface area contributed by atoms with Crippen LogP contribution in [-0.4, -0.2) is 37.1 Å². The molecule has 0 aliphatic rings. The molecule has 0 N–H and O–H groups in total. The molecule has 8 nitrogen and oxygen atoms in total. The van der Waals surface area contributed by atoms with Crippen LogP contribution in [-0.2, 0) is 41.5 Å². The van der Waals surface area contributed by atoms with Gasteiger partial charge in [0, 0.05) is 16.7 Å². The lowest BCUT2D eigenvalue weighted by atomic mass is 9.97. The van der Waals surface area contributed by atoms with Gasteiger partial charge in [0.2, 0.25) is 0 Å². The molecule has 0 aliphatic heterocycles. The number of benzene rings is 2. The number of unbranched alkanes of at least 4 members (excludes halogenated alkanes) is 2. The van der Waals surface area contributed by atoms with E-state index in [0.29, 0.717) is 60.5 Å². The number of esters is 4. The molecule has 44 heavy (non-hydrogen) atoms. The van der Waals surface area contributed by atoms with Crippen LogP contribution in [0, 0.1) is 6.92 Å². The van der Waals surface area contributed by atoms with Crippen molar-refractivity contribution < 1.29 is 38.1 Å². The molecular formula is C36H42O8. The average Bonchev–Trinajstić information content (AvgIpc) is 2.97. The largest absolute Gasteiger partial charge is 0.462 e. The highest BCUT2D eigenvalue weighted by molar-refractivity contribution is 6.16. The van der Waals surface area contributed by atoms with Gasteiger partial charge < -0.3 is 18.9 Å². The van der Waals surface area contributed by atoms with Crippen molar-refractivity contribution in [2.75, 3.05) is 13.2 Å². The van der Waals surface area contributed by atoms with Crippen LogP contribution >= 0.6 is 0 Å². The zero-order valence-corrected chi connectivity index (χ0v) is 26.2. The first kappa shape index (κ1) is 35.5. The molecule has 0 saturated heterocycles. The molecule has 0 amide bonds. The van der Waals surface area contributed by atoms with Gasteiger partial charge >= 0.3 is 23.9 Å². The van der Waals surface area contributed by atoms with Crippen LogP contribution in [0.2, 0.25) is 0 Å². The first-order valence-corrected chi connectivity index (χ1v) is 14.5. The van der Waals surface area contributed by atoms with Gasteiger partial charge in [-0.3, -0.25) is 0 Å². The van der Waals surface area contributed by atoms with Crippen molar-refractivity contribution in [3.05, 3.63) is 102 Å². The fourth-order valence-corrected chi connectivity index (χ4v) is 4.02. The third-order valence-electron chi connectivity index (χ3n) is 6.48. The van der Waals surface area contributed by atoms with Gasteiger partial charge in [0.25, 0.3) is 0 Å². The van der Waals surface area contributed by atoms with E-state index in [1.807, 2.05) is 19.1 Å². The normalized spacial score (nSPS) is 10.4. The lowest BCUT2D eigenvalue weighted by molar-refractivity contribution is -0.139. The molecule has 8 heteroatoms. The van der Waals surface area contributed by atoms with Crippen molar-refractivity contribution in [3.63, 3.8) is 0 Å². The number of carbonyl (C=O) groups excluding carboxylic acids is 4.